The van der Waals surface area contributed by atoms with Crippen molar-refractivity contribution in [1.82, 2.24) is 4.98 Å². The average molecular weight is 222 g/mol. The van der Waals surface area contributed by atoms with Gasteiger partial charge in [-0.15, -0.1) is 0 Å². The van der Waals surface area contributed by atoms with Crippen molar-refractivity contribution in [3.05, 3.63) is 28.5 Å². The van der Waals surface area contributed by atoms with E-state index in [4.69, 9.17) is 16.7 Å². The lowest BCUT2D eigenvalue weighted by atomic mass is 10.2. The van der Waals surface area contributed by atoms with Crippen molar-refractivity contribution in [1.29, 1.82) is 0 Å². The number of pyridine rings is 1. The third-order valence-electron chi connectivity index (χ3n) is 1.51. The standard InChI is InChI=1S/C8H6ClF2NO2/c9-7-4(3-6(13)14)1-2-5(12-7)8(10)11/h1-2,8H,3H2,(H,13,14). The molecule has 1 N–H and O–H groups in total. The molecule has 0 radical (unpaired) electrons. The number of nitrogens with zero attached hydrogens (tertiary/aromatic N) is 1. The molecule has 0 saturated carbocycles. The van der Waals surface area contributed by atoms with E-state index in [1.54, 1.807) is 0 Å². The first-order valence-electron chi connectivity index (χ1n) is 3.66. The van der Waals surface area contributed by atoms with Crippen LogP contribution < -0.4 is 0 Å². The highest BCUT2D eigenvalue weighted by Gasteiger charge is 2.12. The second kappa shape index (κ2) is 4.32. The maximum absolute atomic E-state index is 12.1. The molecule has 0 saturated heterocycles. The number of hydrogen-bond acceptors (Lipinski definition) is 2. The number of carboxylic acid groups (broad SMARTS) is 1. The number of aromatic nitrogens is 1. The van der Waals surface area contributed by atoms with Crippen LogP contribution in [0.15, 0.2) is 12.1 Å². The van der Waals surface area contributed by atoms with E-state index < -0.39 is 18.1 Å². The number of halogens is 3. The molecular formula is C8H6ClF2NO2. The summed E-state index contributed by atoms with van der Waals surface area (Å²) in [5, 5.41) is 8.25. The van der Waals surface area contributed by atoms with Crippen LogP contribution in [0, 0.1) is 0 Å². The molecule has 0 atom stereocenters. The predicted molar refractivity (Wildman–Crippen MR) is 45.5 cm³/mol. The highest BCUT2D eigenvalue weighted by Crippen LogP contribution is 2.21. The summed E-state index contributed by atoms with van der Waals surface area (Å²) in [5.41, 5.74) is -0.229. The molecule has 0 spiro atoms. The van der Waals surface area contributed by atoms with E-state index in [1.165, 1.54) is 6.07 Å². The number of alkyl halides is 2. The predicted octanol–water partition coefficient (Wildman–Crippen LogP) is 2.30. The summed E-state index contributed by atoms with van der Waals surface area (Å²) in [6.07, 6.45) is -3.03. The lowest BCUT2D eigenvalue weighted by Gasteiger charge is -2.03. The van der Waals surface area contributed by atoms with E-state index in [2.05, 4.69) is 4.98 Å². The van der Waals surface area contributed by atoms with Crippen molar-refractivity contribution >= 4 is 17.6 Å². The van der Waals surface area contributed by atoms with Gasteiger partial charge in [-0.3, -0.25) is 4.79 Å². The lowest BCUT2D eigenvalue weighted by molar-refractivity contribution is -0.136. The third kappa shape index (κ3) is 2.63. The quantitative estimate of drug-likeness (QED) is 0.797. The Morgan fingerprint density at radius 2 is 2.21 bits per heavy atom. The van der Waals surface area contributed by atoms with E-state index in [-0.39, 0.29) is 17.1 Å². The monoisotopic (exact) mass is 221 g/mol. The Morgan fingerprint density at radius 3 is 2.64 bits per heavy atom. The van der Waals surface area contributed by atoms with E-state index in [9.17, 15) is 13.6 Å². The zero-order chi connectivity index (χ0) is 10.7. The molecule has 76 valence electrons. The Kier molecular flexibility index (Phi) is 3.35. The van der Waals surface area contributed by atoms with Gasteiger partial charge in [0.2, 0.25) is 0 Å². The fraction of sp³-hybridized carbons (Fsp3) is 0.250. The van der Waals surface area contributed by atoms with Gasteiger partial charge in [-0.1, -0.05) is 17.7 Å². The molecule has 1 aromatic heterocycles. The number of hydrogen-bond donors (Lipinski definition) is 1. The minimum Gasteiger partial charge on any atom is -0.481 e. The van der Waals surface area contributed by atoms with Crippen molar-refractivity contribution in [3.63, 3.8) is 0 Å². The molecule has 6 heteroatoms. The summed E-state index contributed by atoms with van der Waals surface area (Å²) in [6.45, 7) is 0. The SMILES string of the molecule is O=C(O)Cc1ccc(C(F)F)nc1Cl. The summed E-state index contributed by atoms with van der Waals surface area (Å²) >= 11 is 5.51. The Hall–Kier alpha value is -1.23. The molecule has 0 aliphatic heterocycles. The normalized spacial score (nSPS) is 10.6. The molecular weight excluding hydrogens is 216 g/mol. The molecule has 0 aliphatic rings. The second-order valence-electron chi connectivity index (χ2n) is 2.56. The minimum atomic E-state index is -2.70. The van der Waals surface area contributed by atoms with Crippen LogP contribution in [0.2, 0.25) is 5.15 Å². The van der Waals surface area contributed by atoms with Gasteiger partial charge in [-0.25, -0.2) is 13.8 Å². The van der Waals surface area contributed by atoms with E-state index in [1.807, 2.05) is 0 Å². The fourth-order valence-corrected chi connectivity index (χ4v) is 1.12. The van der Waals surface area contributed by atoms with Crippen LogP contribution in [0.4, 0.5) is 8.78 Å². The van der Waals surface area contributed by atoms with Crippen LogP contribution in [0.5, 0.6) is 0 Å². The first-order chi connectivity index (χ1) is 6.50. The van der Waals surface area contributed by atoms with E-state index >= 15 is 0 Å². The highest BCUT2D eigenvalue weighted by atomic mass is 35.5. The third-order valence-corrected chi connectivity index (χ3v) is 1.84. The molecule has 0 fully saturated rings. The fourth-order valence-electron chi connectivity index (χ4n) is 0.893. The number of rotatable bonds is 3. The van der Waals surface area contributed by atoms with Crippen LogP contribution in [-0.2, 0) is 11.2 Å². The Balaban J connectivity index is 2.95. The smallest absolute Gasteiger partial charge is 0.307 e. The first-order valence-corrected chi connectivity index (χ1v) is 4.03. The average Bonchev–Trinajstić information content (AvgIpc) is 2.07. The van der Waals surface area contributed by atoms with Gasteiger partial charge >= 0.3 is 5.97 Å². The van der Waals surface area contributed by atoms with E-state index in [0.29, 0.717) is 0 Å². The molecule has 0 bridgehead atoms. The van der Waals surface area contributed by atoms with Crippen LogP contribution >= 0.6 is 11.6 Å². The zero-order valence-electron chi connectivity index (χ0n) is 6.88. The van der Waals surface area contributed by atoms with Crippen molar-refractivity contribution < 1.29 is 18.7 Å². The summed E-state index contributed by atoms with van der Waals surface area (Å²) in [7, 11) is 0. The Labute approximate surface area is 83.3 Å². The van der Waals surface area contributed by atoms with Crippen LogP contribution in [0.1, 0.15) is 17.7 Å². The van der Waals surface area contributed by atoms with Gasteiger partial charge in [0.25, 0.3) is 6.43 Å². The maximum atomic E-state index is 12.1. The van der Waals surface area contributed by atoms with Gasteiger partial charge in [0, 0.05) is 5.56 Å². The van der Waals surface area contributed by atoms with Gasteiger partial charge in [0.15, 0.2) is 0 Å². The first kappa shape index (κ1) is 10.8. The Morgan fingerprint density at radius 1 is 1.57 bits per heavy atom. The molecule has 3 nitrogen and oxygen atoms in total. The van der Waals surface area contributed by atoms with Crippen molar-refractivity contribution in [2.45, 2.75) is 12.8 Å². The molecule has 1 heterocycles. The molecule has 0 aliphatic carbocycles. The molecule has 1 rings (SSSR count). The molecule has 0 amide bonds. The number of carboxylic acids is 1. The summed E-state index contributed by atoms with van der Waals surface area (Å²) in [5.74, 6) is -1.08. The summed E-state index contributed by atoms with van der Waals surface area (Å²) < 4.78 is 24.2. The molecule has 0 unspecified atom stereocenters. The lowest BCUT2D eigenvalue weighted by Crippen LogP contribution is -2.02. The van der Waals surface area contributed by atoms with Gasteiger partial charge in [-0.2, -0.15) is 0 Å². The Bertz CT molecular complexity index is 357. The van der Waals surface area contributed by atoms with Crippen molar-refractivity contribution in [2.24, 2.45) is 0 Å². The second-order valence-corrected chi connectivity index (χ2v) is 2.92. The van der Waals surface area contributed by atoms with Gasteiger partial charge in [0.1, 0.15) is 10.8 Å². The number of carbonyl (C=O) groups is 1. The van der Waals surface area contributed by atoms with Gasteiger partial charge in [0.05, 0.1) is 6.42 Å². The van der Waals surface area contributed by atoms with Crippen LogP contribution in [0.3, 0.4) is 0 Å². The topological polar surface area (TPSA) is 50.2 Å². The van der Waals surface area contributed by atoms with E-state index in [0.717, 1.165) is 6.07 Å². The van der Waals surface area contributed by atoms with Crippen molar-refractivity contribution in [2.75, 3.05) is 0 Å². The van der Waals surface area contributed by atoms with Gasteiger partial charge < -0.3 is 5.11 Å². The molecule has 14 heavy (non-hydrogen) atoms. The highest BCUT2D eigenvalue weighted by molar-refractivity contribution is 6.30. The summed E-state index contributed by atoms with van der Waals surface area (Å²) in [6, 6.07) is 2.31. The van der Waals surface area contributed by atoms with Crippen molar-refractivity contribution in [3.8, 4) is 0 Å². The van der Waals surface area contributed by atoms with Crippen LogP contribution in [0.25, 0.3) is 0 Å². The number of aliphatic carboxylic acids is 1. The molecule has 0 aromatic carbocycles. The zero-order valence-corrected chi connectivity index (χ0v) is 7.63. The van der Waals surface area contributed by atoms with Crippen LogP contribution in [-0.4, -0.2) is 16.1 Å². The summed E-state index contributed by atoms with van der Waals surface area (Å²) in [4.78, 5) is 13.7. The maximum Gasteiger partial charge on any atom is 0.307 e. The minimum absolute atomic E-state index is 0.190. The molecule has 1 aromatic rings. The van der Waals surface area contributed by atoms with Gasteiger partial charge in [-0.05, 0) is 6.07 Å². The largest absolute Gasteiger partial charge is 0.481 e.